The van der Waals surface area contributed by atoms with Gasteiger partial charge in [-0.15, -0.1) is 5.10 Å². The first-order chi connectivity index (χ1) is 18.5. The number of aliphatic carboxylic acids is 1. The van der Waals surface area contributed by atoms with Crippen LogP contribution in [0.4, 0.5) is 17.4 Å². The predicted molar refractivity (Wildman–Crippen MR) is 142 cm³/mol. The van der Waals surface area contributed by atoms with Crippen molar-refractivity contribution in [3.05, 3.63) is 90.3 Å². The molecule has 0 radical (unpaired) electrons. The number of ether oxygens (including phenoxy) is 1. The second-order valence-corrected chi connectivity index (χ2v) is 9.37. The zero-order valence-electron chi connectivity index (χ0n) is 20.7. The van der Waals surface area contributed by atoms with Crippen LogP contribution >= 0.6 is 0 Å². The van der Waals surface area contributed by atoms with Gasteiger partial charge in [0, 0.05) is 23.9 Å². The highest BCUT2D eigenvalue weighted by Gasteiger charge is 2.24. The lowest BCUT2D eigenvalue weighted by molar-refractivity contribution is -0.138. The zero-order valence-corrected chi connectivity index (χ0v) is 20.7. The Morgan fingerprint density at radius 2 is 1.61 bits per heavy atom. The fourth-order valence-electron chi connectivity index (χ4n) is 4.72. The Labute approximate surface area is 219 Å². The molecule has 9 heteroatoms. The molecule has 0 unspecified atom stereocenters. The van der Waals surface area contributed by atoms with Crippen molar-refractivity contribution in [3.63, 3.8) is 0 Å². The van der Waals surface area contributed by atoms with Crippen LogP contribution in [0.3, 0.4) is 0 Å². The van der Waals surface area contributed by atoms with E-state index in [4.69, 9.17) is 14.3 Å². The zero-order chi connectivity index (χ0) is 26.3. The van der Waals surface area contributed by atoms with Crippen LogP contribution in [-0.4, -0.2) is 27.2 Å². The van der Waals surface area contributed by atoms with Gasteiger partial charge in [0.2, 0.25) is 0 Å². The van der Waals surface area contributed by atoms with Gasteiger partial charge in [-0.1, -0.05) is 41.5 Å². The number of hydrogen-bond donors (Lipinski definition) is 3. The molecule has 194 valence electrons. The van der Waals surface area contributed by atoms with Crippen LogP contribution in [0.2, 0.25) is 0 Å². The van der Waals surface area contributed by atoms with Crippen molar-refractivity contribution in [2.75, 3.05) is 10.6 Å². The molecule has 1 aliphatic rings. The van der Waals surface area contributed by atoms with E-state index < -0.39 is 11.9 Å². The number of anilines is 3. The smallest absolute Gasteiger partial charge is 0.320 e. The van der Waals surface area contributed by atoms with Gasteiger partial charge >= 0.3 is 23.8 Å². The summed E-state index contributed by atoms with van der Waals surface area (Å²) in [4.78, 5) is 23.6. The van der Waals surface area contributed by atoms with Crippen molar-refractivity contribution in [1.29, 1.82) is 0 Å². The SMILES string of the molecule is O=C(O)CC1CCC(c2ccc(NC(=O)c3nnc(Nc4cccc(Oc5ccccc5)c4)o3)cc2)CC1. The molecule has 0 bridgehead atoms. The summed E-state index contributed by atoms with van der Waals surface area (Å²) < 4.78 is 11.3. The van der Waals surface area contributed by atoms with Crippen molar-refractivity contribution in [3.8, 4) is 11.5 Å². The molecule has 4 aromatic rings. The molecule has 3 N–H and O–H groups in total. The van der Waals surface area contributed by atoms with E-state index in [0.717, 1.165) is 31.4 Å². The van der Waals surface area contributed by atoms with E-state index in [1.807, 2.05) is 72.8 Å². The van der Waals surface area contributed by atoms with Crippen LogP contribution in [0, 0.1) is 5.92 Å². The van der Waals surface area contributed by atoms with Crippen molar-refractivity contribution < 1.29 is 23.8 Å². The molecular formula is C29H28N4O5. The topological polar surface area (TPSA) is 127 Å². The molecule has 1 heterocycles. The van der Waals surface area contributed by atoms with E-state index in [1.165, 1.54) is 5.56 Å². The van der Waals surface area contributed by atoms with E-state index in [9.17, 15) is 9.59 Å². The van der Waals surface area contributed by atoms with Gasteiger partial charge in [0.05, 0.1) is 0 Å². The lowest BCUT2D eigenvalue weighted by Crippen LogP contribution is -2.16. The first kappa shape index (κ1) is 25.0. The van der Waals surface area contributed by atoms with Crippen molar-refractivity contribution in [1.82, 2.24) is 10.2 Å². The normalized spacial score (nSPS) is 16.9. The molecule has 5 rings (SSSR count). The van der Waals surface area contributed by atoms with Crippen LogP contribution in [-0.2, 0) is 4.79 Å². The van der Waals surface area contributed by atoms with Crippen molar-refractivity contribution in [2.24, 2.45) is 5.92 Å². The van der Waals surface area contributed by atoms with E-state index in [1.54, 1.807) is 6.07 Å². The predicted octanol–water partition coefficient (Wildman–Crippen LogP) is 6.61. The fourth-order valence-corrected chi connectivity index (χ4v) is 4.72. The molecule has 1 amide bonds. The second-order valence-electron chi connectivity index (χ2n) is 9.37. The molecule has 0 atom stereocenters. The Kier molecular flexibility index (Phi) is 7.63. The summed E-state index contributed by atoms with van der Waals surface area (Å²) in [5, 5.41) is 22.5. The number of carboxylic acid groups (broad SMARTS) is 1. The van der Waals surface area contributed by atoms with Gasteiger partial charge in [-0.25, -0.2) is 0 Å². The Morgan fingerprint density at radius 3 is 2.34 bits per heavy atom. The average molecular weight is 513 g/mol. The number of carboxylic acids is 1. The molecule has 1 aliphatic carbocycles. The maximum Gasteiger partial charge on any atom is 0.320 e. The minimum Gasteiger partial charge on any atom is -0.481 e. The average Bonchev–Trinajstić information content (AvgIpc) is 3.39. The maximum atomic E-state index is 12.6. The minimum atomic E-state index is -0.722. The Balaban J connectivity index is 1.14. The first-order valence-electron chi connectivity index (χ1n) is 12.6. The summed E-state index contributed by atoms with van der Waals surface area (Å²) in [6.07, 6.45) is 4.05. The van der Waals surface area contributed by atoms with Crippen LogP contribution in [0.1, 0.15) is 54.3 Å². The third-order valence-electron chi connectivity index (χ3n) is 6.63. The van der Waals surface area contributed by atoms with Gasteiger partial charge in [-0.3, -0.25) is 9.59 Å². The fraction of sp³-hybridized carbons (Fsp3) is 0.241. The molecule has 3 aromatic carbocycles. The standard InChI is InChI=1S/C29H28N4O5/c34-26(35)17-19-9-11-20(12-10-19)21-13-15-22(16-14-21)30-27(36)28-32-33-29(38-28)31-23-5-4-8-25(18-23)37-24-6-2-1-3-7-24/h1-8,13-16,18-20H,9-12,17H2,(H,30,36)(H,31,33)(H,34,35). The number of hydrogen-bond acceptors (Lipinski definition) is 7. The number of carbonyl (C=O) groups excluding carboxylic acids is 1. The number of nitrogens with one attached hydrogen (secondary N) is 2. The molecule has 0 spiro atoms. The summed E-state index contributed by atoms with van der Waals surface area (Å²) in [6.45, 7) is 0. The van der Waals surface area contributed by atoms with Gasteiger partial charge in [-0.2, -0.15) is 0 Å². The maximum absolute atomic E-state index is 12.6. The third-order valence-corrected chi connectivity index (χ3v) is 6.63. The Bertz CT molecular complexity index is 1380. The van der Waals surface area contributed by atoms with Gasteiger partial charge in [-0.05, 0) is 79.5 Å². The number of aromatic nitrogens is 2. The van der Waals surface area contributed by atoms with Gasteiger partial charge in [0.1, 0.15) is 11.5 Å². The highest BCUT2D eigenvalue weighted by Crippen LogP contribution is 2.37. The Hall–Kier alpha value is -4.66. The quantitative estimate of drug-likeness (QED) is 0.229. The molecule has 1 fully saturated rings. The van der Waals surface area contributed by atoms with Gasteiger partial charge in [0.15, 0.2) is 0 Å². The van der Waals surface area contributed by atoms with Crippen LogP contribution in [0.5, 0.6) is 11.5 Å². The third kappa shape index (κ3) is 6.56. The van der Waals surface area contributed by atoms with E-state index in [2.05, 4.69) is 20.8 Å². The largest absolute Gasteiger partial charge is 0.481 e. The van der Waals surface area contributed by atoms with Crippen LogP contribution < -0.4 is 15.4 Å². The minimum absolute atomic E-state index is 0.0841. The van der Waals surface area contributed by atoms with Gasteiger partial charge in [0.25, 0.3) is 0 Å². The van der Waals surface area contributed by atoms with E-state index in [-0.39, 0.29) is 24.2 Å². The Morgan fingerprint density at radius 1 is 0.868 bits per heavy atom. The molecular weight excluding hydrogens is 484 g/mol. The number of carbonyl (C=O) groups is 2. The van der Waals surface area contributed by atoms with E-state index in [0.29, 0.717) is 23.0 Å². The number of amides is 1. The summed E-state index contributed by atoms with van der Waals surface area (Å²) in [6, 6.07) is 24.5. The number of rotatable bonds is 9. The molecule has 9 nitrogen and oxygen atoms in total. The monoisotopic (exact) mass is 512 g/mol. The highest BCUT2D eigenvalue weighted by molar-refractivity contribution is 6.00. The number of nitrogens with zero attached hydrogens (tertiary/aromatic N) is 2. The molecule has 1 aromatic heterocycles. The van der Waals surface area contributed by atoms with E-state index >= 15 is 0 Å². The lowest BCUT2D eigenvalue weighted by Gasteiger charge is -2.28. The summed E-state index contributed by atoms with van der Waals surface area (Å²) in [5.41, 5.74) is 2.48. The first-order valence-corrected chi connectivity index (χ1v) is 12.6. The number of para-hydroxylation sites is 1. The molecule has 1 saturated carbocycles. The van der Waals surface area contributed by atoms with Crippen molar-refractivity contribution >= 4 is 29.3 Å². The second kappa shape index (κ2) is 11.6. The summed E-state index contributed by atoms with van der Waals surface area (Å²) in [5.74, 6) is 0.639. The molecule has 38 heavy (non-hydrogen) atoms. The van der Waals surface area contributed by atoms with Crippen molar-refractivity contribution in [2.45, 2.75) is 38.0 Å². The van der Waals surface area contributed by atoms with Crippen LogP contribution in [0.15, 0.2) is 83.3 Å². The highest BCUT2D eigenvalue weighted by atomic mass is 16.5. The molecule has 0 aliphatic heterocycles. The lowest BCUT2D eigenvalue weighted by atomic mass is 9.77. The number of benzene rings is 3. The molecule has 0 saturated heterocycles. The van der Waals surface area contributed by atoms with Crippen LogP contribution in [0.25, 0.3) is 0 Å². The summed E-state index contributed by atoms with van der Waals surface area (Å²) in [7, 11) is 0. The van der Waals surface area contributed by atoms with Gasteiger partial charge < -0.3 is 24.9 Å². The summed E-state index contributed by atoms with van der Waals surface area (Å²) >= 11 is 0.